The molecule has 0 spiro atoms. The van der Waals surface area contributed by atoms with E-state index in [1.165, 1.54) is 26.4 Å². The van der Waals surface area contributed by atoms with Crippen LogP contribution in [0.15, 0.2) is 0 Å². The maximum atomic E-state index is 13.5. The Morgan fingerprint density at radius 3 is 2.19 bits per heavy atom. The lowest BCUT2D eigenvalue weighted by Gasteiger charge is -2.56. The highest BCUT2D eigenvalue weighted by Crippen LogP contribution is 2.60. The number of esters is 1. The Bertz CT molecular complexity index is 582. The first-order valence-corrected chi connectivity index (χ1v) is 10.1. The van der Waals surface area contributed by atoms with Crippen LogP contribution in [0.5, 0.6) is 0 Å². The van der Waals surface area contributed by atoms with Crippen LogP contribution in [-0.4, -0.2) is 48.4 Å². The second kappa shape index (κ2) is 6.54. The number of rotatable bonds is 4. The zero-order valence-corrected chi connectivity index (χ0v) is 15.8. The smallest absolute Gasteiger partial charge is 0.328 e. The molecule has 1 aliphatic heterocycles. The number of hydrogen-bond donors (Lipinski definition) is 1. The molecule has 4 bridgehead atoms. The Kier molecular flexibility index (Phi) is 4.48. The van der Waals surface area contributed by atoms with Gasteiger partial charge in [-0.15, -0.1) is 0 Å². The predicted octanol–water partition coefficient (Wildman–Crippen LogP) is 1.87. The van der Waals surface area contributed by atoms with Gasteiger partial charge in [-0.1, -0.05) is 0 Å². The van der Waals surface area contributed by atoms with Gasteiger partial charge in [0, 0.05) is 6.54 Å². The van der Waals surface area contributed by atoms with Crippen molar-refractivity contribution >= 4 is 17.8 Å². The van der Waals surface area contributed by atoms with E-state index in [-0.39, 0.29) is 17.2 Å². The Labute approximate surface area is 155 Å². The van der Waals surface area contributed by atoms with E-state index in [0.29, 0.717) is 30.7 Å². The molecule has 4 aliphatic carbocycles. The molecule has 1 unspecified atom stereocenters. The van der Waals surface area contributed by atoms with E-state index in [4.69, 9.17) is 0 Å². The first-order chi connectivity index (χ1) is 12.4. The number of hydrogen-bond acceptors (Lipinski definition) is 4. The fraction of sp³-hybridized carbons (Fsp3) is 0.850. The first kappa shape index (κ1) is 17.8. The Morgan fingerprint density at radius 2 is 1.65 bits per heavy atom. The third-order valence-corrected chi connectivity index (χ3v) is 7.22. The van der Waals surface area contributed by atoms with Crippen LogP contribution in [0.25, 0.3) is 0 Å². The molecule has 2 amide bonds. The zero-order valence-electron chi connectivity index (χ0n) is 15.8. The lowest BCUT2D eigenvalue weighted by atomic mass is 9.49. The van der Waals surface area contributed by atoms with E-state index in [2.05, 4.69) is 10.1 Å². The van der Waals surface area contributed by atoms with Crippen molar-refractivity contribution in [1.82, 2.24) is 10.2 Å². The van der Waals surface area contributed by atoms with E-state index >= 15 is 0 Å². The fourth-order valence-electron chi connectivity index (χ4n) is 6.50. The molecule has 144 valence electrons. The van der Waals surface area contributed by atoms with Crippen LogP contribution in [-0.2, 0) is 19.1 Å². The average Bonchev–Trinajstić information content (AvgIpc) is 3.08. The van der Waals surface area contributed by atoms with Crippen LogP contribution in [0.1, 0.15) is 58.3 Å². The number of nitrogens with one attached hydrogen (secondary N) is 1. The number of nitrogens with zero attached hydrogens (tertiary/aromatic N) is 1. The quantitative estimate of drug-likeness (QED) is 0.775. The summed E-state index contributed by atoms with van der Waals surface area (Å²) in [6, 6.07) is -1.13. The van der Waals surface area contributed by atoms with Crippen LogP contribution in [0, 0.1) is 23.2 Å². The molecule has 1 N–H and O–H groups in total. The Morgan fingerprint density at radius 1 is 1.08 bits per heavy atom. The molecule has 26 heavy (non-hydrogen) atoms. The van der Waals surface area contributed by atoms with Crippen molar-refractivity contribution in [3.63, 3.8) is 0 Å². The molecular weight excluding hydrogens is 332 g/mol. The van der Waals surface area contributed by atoms with Gasteiger partial charge in [0.15, 0.2) is 0 Å². The van der Waals surface area contributed by atoms with Gasteiger partial charge in [-0.05, 0) is 76.0 Å². The lowest BCUT2D eigenvalue weighted by molar-refractivity contribution is -0.160. The predicted molar refractivity (Wildman–Crippen MR) is 95.0 cm³/mol. The highest BCUT2D eigenvalue weighted by molar-refractivity contribution is 5.92. The van der Waals surface area contributed by atoms with Crippen molar-refractivity contribution in [2.75, 3.05) is 13.7 Å². The van der Waals surface area contributed by atoms with Gasteiger partial charge in [0.05, 0.1) is 12.5 Å². The molecule has 5 fully saturated rings. The summed E-state index contributed by atoms with van der Waals surface area (Å²) in [5.41, 5.74) is -0.217. The van der Waals surface area contributed by atoms with E-state index in [1.54, 1.807) is 6.92 Å². The summed E-state index contributed by atoms with van der Waals surface area (Å²) in [6.45, 7) is 2.27. The Balaban J connectivity index is 1.47. The number of likely N-dealkylation sites (tertiary alicyclic amines) is 1. The number of methoxy groups -OCH3 is 1. The summed E-state index contributed by atoms with van der Waals surface area (Å²) < 4.78 is 4.68. The molecule has 0 aromatic heterocycles. The normalized spacial score (nSPS) is 38.9. The van der Waals surface area contributed by atoms with Gasteiger partial charge in [-0.25, -0.2) is 4.79 Å². The van der Waals surface area contributed by atoms with E-state index in [1.807, 2.05) is 4.90 Å². The molecule has 6 nitrogen and oxygen atoms in total. The van der Waals surface area contributed by atoms with Gasteiger partial charge in [0.25, 0.3) is 0 Å². The van der Waals surface area contributed by atoms with Crippen LogP contribution in [0.4, 0.5) is 0 Å². The van der Waals surface area contributed by atoms with Crippen LogP contribution in [0.2, 0.25) is 0 Å². The van der Waals surface area contributed by atoms with Crippen molar-refractivity contribution in [3.05, 3.63) is 0 Å². The summed E-state index contributed by atoms with van der Waals surface area (Å²) in [7, 11) is 1.31. The summed E-state index contributed by atoms with van der Waals surface area (Å²) >= 11 is 0. The topological polar surface area (TPSA) is 75.7 Å². The molecule has 0 radical (unpaired) electrons. The monoisotopic (exact) mass is 362 g/mol. The summed E-state index contributed by atoms with van der Waals surface area (Å²) in [6.07, 6.45) is 8.47. The minimum atomic E-state index is -0.690. The zero-order chi connectivity index (χ0) is 18.5. The lowest BCUT2D eigenvalue weighted by Crippen LogP contribution is -2.58. The number of ether oxygens (including phenoxy) is 1. The molecule has 1 saturated heterocycles. The summed E-state index contributed by atoms with van der Waals surface area (Å²) in [5.74, 6) is 1.65. The van der Waals surface area contributed by atoms with Crippen molar-refractivity contribution in [2.45, 2.75) is 70.4 Å². The molecular formula is C20H30N2O4. The van der Waals surface area contributed by atoms with Gasteiger partial charge in [-0.2, -0.15) is 0 Å². The van der Waals surface area contributed by atoms with Crippen LogP contribution >= 0.6 is 0 Å². The summed E-state index contributed by atoms with van der Waals surface area (Å²) in [4.78, 5) is 39.7. The SMILES string of the molecule is COC(=O)[C@H](C)NC(=O)C1CCCN1C(=O)C12CC3CC(CC(C3)C1)C2. The third-order valence-electron chi connectivity index (χ3n) is 7.22. The number of carbonyl (C=O) groups excluding carboxylic acids is 3. The van der Waals surface area contributed by atoms with Crippen molar-refractivity contribution in [3.8, 4) is 0 Å². The van der Waals surface area contributed by atoms with Crippen molar-refractivity contribution in [1.29, 1.82) is 0 Å². The second-order valence-electron chi connectivity index (χ2n) is 9.11. The molecule has 5 rings (SSSR count). The molecule has 2 atom stereocenters. The molecule has 1 heterocycles. The fourth-order valence-corrected chi connectivity index (χ4v) is 6.50. The number of amides is 2. The maximum absolute atomic E-state index is 13.5. The average molecular weight is 362 g/mol. The minimum absolute atomic E-state index is 0.208. The van der Waals surface area contributed by atoms with Gasteiger partial charge < -0.3 is 15.0 Å². The van der Waals surface area contributed by atoms with Gasteiger partial charge in [0.1, 0.15) is 12.1 Å². The van der Waals surface area contributed by atoms with Crippen LogP contribution < -0.4 is 5.32 Å². The first-order valence-electron chi connectivity index (χ1n) is 10.1. The highest BCUT2D eigenvalue weighted by Gasteiger charge is 2.56. The standard InChI is InChI=1S/C20H30N2O4/c1-12(18(24)26-2)21-17(23)16-4-3-5-22(16)19(25)20-9-13-6-14(10-20)8-15(7-13)11-20/h12-16H,3-11H2,1-2H3,(H,21,23)/t12-,13?,14?,15?,16?,20?/m0/s1. The van der Waals surface area contributed by atoms with E-state index in [0.717, 1.165) is 25.7 Å². The largest absolute Gasteiger partial charge is 0.467 e. The molecule has 0 aromatic rings. The van der Waals surface area contributed by atoms with E-state index < -0.39 is 18.1 Å². The van der Waals surface area contributed by atoms with Gasteiger partial charge in [0.2, 0.25) is 11.8 Å². The van der Waals surface area contributed by atoms with Crippen molar-refractivity contribution in [2.24, 2.45) is 23.2 Å². The van der Waals surface area contributed by atoms with Crippen molar-refractivity contribution < 1.29 is 19.1 Å². The highest BCUT2D eigenvalue weighted by atomic mass is 16.5. The minimum Gasteiger partial charge on any atom is -0.467 e. The molecule has 4 saturated carbocycles. The van der Waals surface area contributed by atoms with Gasteiger partial charge >= 0.3 is 5.97 Å². The maximum Gasteiger partial charge on any atom is 0.328 e. The van der Waals surface area contributed by atoms with Crippen LogP contribution in [0.3, 0.4) is 0 Å². The molecule has 5 aliphatic rings. The summed E-state index contributed by atoms with van der Waals surface area (Å²) in [5, 5.41) is 2.72. The molecule has 0 aromatic carbocycles. The molecule has 6 heteroatoms. The number of carbonyl (C=O) groups is 3. The Hall–Kier alpha value is -1.59. The second-order valence-corrected chi connectivity index (χ2v) is 9.11. The van der Waals surface area contributed by atoms with E-state index in [9.17, 15) is 14.4 Å². The van der Waals surface area contributed by atoms with Gasteiger partial charge in [-0.3, -0.25) is 9.59 Å². The third kappa shape index (κ3) is 2.91.